The molecule has 0 N–H and O–H groups in total. The lowest BCUT2D eigenvalue weighted by atomic mass is 10.00. The smallest absolute Gasteiger partial charge is 0.307 e. The first kappa shape index (κ1) is 15.9. The van der Waals surface area contributed by atoms with Crippen molar-refractivity contribution in [2.24, 2.45) is 0 Å². The van der Waals surface area contributed by atoms with Crippen molar-refractivity contribution in [3.05, 3.63) is 71.8 Å². The highest BCUT2D eigenvalue weighted by Gasteiger charge is 2.23. The third-order valence-corrected chi connectivity index (χ3v) is 3.14. The van der Waals surface area contributed by atoms with Crippen molar-refractivity contribution >= 4 is 11.8 Å². The van der Waals surface area contributed by atoms with Crippen LogP contribution in [0.5, 0.6) is 0 Å². The van der Waals surface area contributed by atoms with Gasteiger partial charge in [0.2, 0.25) is 0 Å². The number of carbonyl (C=O) groups excluding carboxylic acids is 2. The summed E-state index contributed by atoms with van der Waals surface area (Å²) in [5.74, 6) is -0.529. The molecule has 0 saturated heterocycles. The highest BCUT2D eigenvalue weighted by atomic mass is 16.7. The van der Waals surface area contributed by atoms with Crippen molar-refractivity contribution in [1.29, 1.82) is 0 Å². The Bertz CT molecular complexity index is 607. The van der Waals surface area contributed by atoms with Crippen LogP contribution in [0.4, 0.5) is 0 Å². The molecule has 0 aromatic heterocycles. The van der Waals surface area contributed by atoms with Crippen molar-refractivity contribution in [2.45, 2.75) is 19.4 Å². The Morgan fingerprint density at radius 1 is 0.955 bits per heavy atom. The largest absolute Gasteiger partial charge is 0.438 e. The van der Waals surface area contributed by atoms with E-state index < -0.39 is 6.10 Å². The second-order valence-corrected chi connectivity index (χ2v) is 4.68. The first-order valence-electron chi connectivity index (χ1n) is 7.13. The van der Waals surface area contributed by atoms with Gasteiger partial charge < -0.3 is 9.47 Å². The number of ketones is 1. The van der Waals surface area contributed by atoms with Gasteiger partial charge in [0.15, 0.2) is 12.6 Å². The number of ether oxygens (including phenoxy) is 2. The van der Waals surface area contributed by atoms with Gasteiger partial charge in [-0.1, -0.05) is 67.6 Å². The molecule has 22 heavy (non-hydrogen) atoms. The molecular formula is C18H18O4. The Hall–Kier alpha value is -2.46. The van der Waals surface area contributed by atoms with Gasteiger partial charge in [-0.25, -0.2) is 0 Å². The number of esters is 1. The zero-order valence-electron chi connectivity index (χ0n) is 12.4. The van der Waals surface area contributed by atoms with E-state index in [0.717, 1.165) is 5.56 Å². The molecule has 0 amide bonds. The Morgan fingerprint density at radius 2 is 1.55 bits per heavy atom. The van der Waals surface area contributed by atoms with Gasteiger partial charge >= 0.3 is 5.97 Å². The number of benzene rings is 2. The van der Waals surface area contributed by atoms with Crippen molar-refractivity contribution in [2.75, 3.05) is 6.79 Å². The molecule has 2 rings (SSSR count). The fraction of sp³-hybridized carbons (Fsp3) is 0.222. The van der Waals surface area contributed by atoms with Gasteiger partial charge in [0.25, 0.3) is 0 Å². The zero-order chi connectivity index (χ0) is 15.8. The zero-order valence-corrected chi connectivity index (χ0v) is 12.4. The Kier molecular flexibility index (Phi) is 5.86. The Morgan fingerprint density at radius 3 is 2.14 bits per heavy atom. The maximum atomic E-state index is 12.6. The number of rotatable bonds is 7. The average Bonchev–Trinajstić information content (AvgIpc) is 2.59. The van der Waals surface area contributed by atoms with E-state index in [-0.39, 0.29) is 25.0 Å². The third-order valence-electron chi connectivity index (χ3n) is 3.14. The standard InChI is InChI=1S/C18H18O4/c1-2-16(19)21-13-22-18(15-11-7-4-8-12-15)17(20)14-9-5-3-6-10-14/h3-12,18H,2,13H2,1H3. The van der Waals surface area contributed by atoms with E-state index >= 15 is 0 Å². The second kappa shape index (κ2) is 8.10. The first-order chi connectivity index (χ1) is 10.7. The summed E-state index contributed by atoms with van der Waals surface area (Å²) < 4.78 is 10.4. The molecule has 0 heterocycles. The van der Waals surface area contributed by atoms with Gasteiger partial charge in [-0.2, -0.15) is 0 Å². The van der Waals surface area contributed by atoms with Gasteiger partial charge in [-0.05, 0) is 5.56 Å². The molecule has 4 nitrogen and oxygen atoms in total. The third kappa shape index (κ3) is 4.27. The van der Waals surface area contributed by atoms with Crippen molar-refractivity contribution < 1.29 is 19.1 Å². The van der Waals surface area contributed by atoms with Crippen LogP contribution in [0.15, 0.2) is 60.7 Å². The van der Waals surface area contributed by atoms with Crippen LogP contribution in [0.25, 0.3) is 0 Å². The van der Waals surface area contributed by atoms with E-state index in [1.807, 2.05) is 36.4 Å². The molecule has 0 radical (unpaired) electrons. The molecule has 0 bridgehead atoms. The predicted molar refractivity (Wildman–Crippen MR) is 82.3 cm³/mol. The van der Waals surface area contributed by atoms with Crippen LogP contribution in [-0.4, -0.2) is 18.5 Å². The molecule has 0 aliphatic rings. The van der Waals surface area contributed by atoms with Crippen molar-refractivity contribution in [1.82, 2.24) is 0 Å². The van der Waals surface area contributed by atoms with Crippen LogP contribution >= 0.6 is 0 Å². The van der Waals surface area contributed by atoms with Crippen LogP contribution in [0, 0.1) is 0 Å². The molecule has 114 valence electrons. The maximum absolute atomic E-state index is 12.6. The average molecular weight is 298 g/mol. The van der Waals surface area contributed by atoms with Gasteiger partial charge in [-0.15, -0.1) is 0 Å². The van der Waals surface area contributed by atoms with Crippen LogP contribution in [0.3, 0.4) is 0 Å². The summed E-state index contributed by atoms with van der Waals surface area (Å²) in [7, 11) is 0. The molecule has 4 heteroatoms. The summed E-state index contributed by atoms with van der Waals surface area (Å²) in [5, 5.41) is 0. The van der Waals surface area contributed by atoms with Crippen LogP contribution in [-0.2, 0) is 14.3 Å². The van der Waals surface area contributed by atoms with E-state index in [1.54, 1.807) is 31.2 Å². The highest BCUT2D eigenvalue weighted by molar-refractivity contribution is 6.00. The first-order valence-corrected chi connectivity index (χ1v) is 7.13. The second-order valence-electron chi connectivity index (χ2n) is 4.68. The van der Waals surface area contributed by atoms with Crippen LogP contribution in [0.1, 0.15) is 35.4 Å². The summed E-state index contributed by atoms with van der Waals surface area (Å²) in [5.41, 5.74) is 1.28. The molecule has 0 fully saturated rings. The van der Waals surface area contributed by atoms with E-state index in [2.05, 4.69) is 0 Å². The normalized spacial score (nSPS) is 11.7. The molecule has 0 aliphatic carbocycles. The minimum atomic E-state index is -0.798. The SMILES string of the molecule is CCC(=O)OCOC(C(=O)c1ccccc1)c1ccccc1. The maximum Gasteiger partial charge on any atom is 0.307 e. The van der Waals surface area contributed by atoms with E-state index in [9.17, 15) is 9.59 Å². The quantitative estimate of drug-likeness (QED) is 0.446. The summed E-state index contributed by atoms with van der Waals surface area (Å²) in [6, 6.07) is 18.1. The molecule has 2 aromatic carbocycles. The summed E-state index contributed by atoms with van der Waals surface area (Å²) in [4.78, 5) is 23.8. The highest BCUT2D eigenvalue weighted by Crippen LogP contribution is 2.22. The van der Waals surface area contributed by atoms with Gasteiger partial charge in [0.1, 0.15) is 6.10 Å². The molecule has 0 saturated carbocycles. The lowest BCUT2D eigenvalue weighted by Gasteiger charge is -2.17. The molecule has 1 unspecified atom stereocenters. The van der Waals surface area contributed by atoms with Crippen molar-refractivity contribution in [3.63, 3.8) is 0 Å². The van der Waals surface area contributed by atoms with Crippen LogP contribution < -0.4 is 0 Å². The lowest BCUT2D eigenvalue weighted by Crippen LogP contribution is -2.19. The number of carbonyl (C=O) groups is 2. The van der Waals surface area contributed by atoms with E-state index in [0.29, 0.717) is 5.56 Å². The minimum absolute atomic E-state index is 0.167. The van der Waals surface area contributed by atoms with Gasteiger partial charge in [0.05, 0.1) is 0 Å². The fourth-order valence-corrected chi connectivity index (χ4v) is 1.97. The topological polar surface area (TPSA) is 52.6 Å². The molecule has 0 aliphatic heterocycles. The van der Waals surface area contributed by atoms with Gasteiger partial charge in [0, 0.05) is 12.0 Å². The van der Waals surface area contributed by atoms with E-state index in [4.69, 9.17) is 9.47 Å². The van der Waals surface area contributed by atoms with E-state index in [1.165, 1.54) is 0 Å². The molecule has 1 atom stereocenters. The minimum Gasteiger partial charge on any atom is -0.438 e. The summed E-state index contributed by atoms with van der Waals surface area (Å²) in [6.07, 6.45) is -0.528. The Balaban J connectivity index is 2.15. The van der Waals surface area contributed by atoms with Gasteiger partial charge in [-0.3, -0.25) is 9.59 Å². The van der Waals surface area contributed by atoms with Crippen molar-refractivity contribution in [3.8, 4) is 0 Å². The Labute approximate surface area is 129 Å². The summed E-state index contributed by atoms with van der Waals surface area (Å²) in [6.45, 7) is 1.46. The molecule has 0 spiro atoms. The number of Topliss-reactive ketones (excluding diaryl/α,β-unsaturated/α-hetero) is 1. The lowest BCUT2D eigenvalue weighted by molar-refractivity contribution is -0.158. The predicted octanol–water partition coefficient (Wildman–Crippen LogP) is 3.54. The molecule has 2 aromatic rings. The number of hydrogen-bond acceptors (Lipinski definition) is 4. The fourth-order valence-electron chi connectivity index (χ4n) is 1.97. The molecular weight excluding hydrogens is 280 g/mol. The monoisotopic (exact) mass is 298 g/mol. The van der Waals surface area contributed by atoms with Crippen LogP contribution in [0.2, 0.25) is 0 Å². The summed E-state index contributed by atoms with van der Waals surface area (Å²) >= 11 is 0. The number of hydrogen-bond donors (Lipinski definition) is 0.